The summed E-state index contributed by atoms with van der Waals surface area (Å²) in [5.41, 5.74) is 4.71. The van der Waals surface area contributed by atoms with Crippen molar-refractivity contribution in [3.05, 3.63) is 47.0 Å². The number of hydrogen-bond acceptors (Lipinski definition) is 0. The monoisotopic (exact) mass is 380 g/mol. The van der Waals surface area contributed by atoms with Gasteiger partial charge in [0.2, 0.25) is 0 Å². The van der Waals surface area contributed by atoms with Crippen molar-refractivity contribution in [1.29, 1.82) is 0 Å². The summed E-state index contributed by atoms with van der Waals surface area (Å²) < 4.78 is 0. The maximum Gasteiger partial charge on any atom is -0.0241 e. The van der Waals surface area contributed by atoms with E-state index in [2.05, 4.69) is 44.2 Å². The lowest BCUT2D eigenvalue weighted by molar-refractivity contribution is 0.185. The maximum absolute atomic E-state index is 2.63. The average molecular weight is 381 g/mol. The zero-order chi connectivity index (χ0) is 19.6. The zero-order valence-corrected chi connectivity index (χ0v) is 18.7. The molecule has 1 saturated carbocycles. The van der Waals surface area contributed by atoms with Crippen LogP contribution in [-0.4, -0.2) is 0 Å². The summed E-state index contributed by atoms with van der Waals surface area (Å²) in [5.74, 6) is 3.09. The van der Waals surface area contributed by atoms with Crippen LogP contribution in [-0.2, 0) is 12.8 Å². The lowest BCUT2D eigenvalue weighted by Gasteiger charge is -2.35. The van der Waals surface area contributed by atoms with E-state index in [0.717, 1.165) is 24.2 Å². The zero-order valence-electron chi connectivity index (χ0n) is 18.7. The fourth-order valence-electron chi connectivity index (χ4n) is 5.62. The van der Waals surface area contributed by atoms with Crippen LogP contribution in [0.3, 0.4) is 0 Å². The summed E-state index contributed by atoms with van der Waals surface area (Å²) in [6, 6.07) is 9.29. The minimum absolute atomic E-state index is 0.994. The molecule has 0 amide bonds. The first-order valence-electron chi connectivity index (χ1n) is 12.5. The number of unbranched alkanes of at least 4 members (excludes halogenated alkanes) is 3. The highest BCUT2D eigenvalue weighted by Gasteiger charge is 2.28. The fourth-order valence-corrected chi connectivity index (χ4v) is 5.62. The highest BCUT2D eigenvalue weighted by molar-refractivity contribution is 5.23. The first-order valence-corrected chi connectivity index (χ1v) is 12.5. The van der Waals surface area contributed by atoms with Crippen LogP contribution in [0.2, 0.25) is 0 Å². The predicted molar refractivity (Wildman–Crippen MR) is 124 cm³/mol. The lowest BCUT2D eigenvalue weighted by atomic mass is 9.70. The molecule has 0 aliphatic heterocycles. The molecule has 1 aromatic carbocycles. The predicted octanol–water partition coefficient (Wildman–Crippen LogP) is 8.68. The van der Waals surface area contributed by atoms with Crippen molar-refractivity contribution in [2.75, 3.05) is 0 Å². The molecule has 0 saturated heterocycles. The van der Waals surface area contributed by atoms with Crippen LogP contribution in [0.15, 0.2) is 35.9 Å². The highest BCUT2D eigenvalue weighted by atomic mass is 14.3. The van der Waals surface area contributed by atoms with Gasteiger partial charge in [-0.1, -0.05) is 94.7 Å². The molecular weight excluding hydrogens is 336 g/mol. The van der Waals surface area contributed by atoms with Gasteiger partial charge in [0.25, 0.3) is 0 Å². The van der Waals surface area contributed by atoms with Crippen molar-refractivity contribution >= 4 is 0 Å². The molecule has 2 aliphatic carbocycles. The fraction of sp³-hybridized carbons (Fsp3) is 0.714. The summed E-state index contributed by atoms with van der Waals surface area (Å²) in [5, 5.41) is 0. The molecule has 0 bridgehead atoms. The van der Waals surface area contributed by atoms with E-state index in [9.17, 15) is 0 Å². The van der Waals surface area contributed by atoms with Crippen molar-refractivity contribution in [2.45, 2.75) is 110 Å². The van der Waals surface area contributed by atoms with Gasteiger partial charge in [-0.15, -0.1) is 0 Å². The second-order valence-electron chi connectivity index (χ2n) is 9.70. The van der Waals surface area contributed by atoms with Gasteiger partial charge in [0.15, 0.2) is 0 Å². The second kappa shape index (κ2) is 11.8. The van der Waals surface area contributed by atoms with Crippen LogP contribution in [0.25, 0.3) is 0 Å². The Morgan fingerprint density at radius 2 is 1.50 bits per heavy atom. The number of rotatable bonds is 10. The van der Waals surface area contributed by atoms with Gasteiger partial charge in [0, 0.05) is 0 Å². The molecule has 1 unspecified atom stereocenters. The van der Waals surface area contributed by atoms with Gasteiger partial charge in [-0.2, -0.15) is 0 Å². The molecule has 0 nitrogen and oxygen atoms in total. The second-order valence-corrected chi connectivity index (χ2v) is 9.70. The quantitative estimate of drug-likeness (QED) is 0.281. The normalized spacial score (nSPS) is 25.5. The molecule has 0 heteroatoms. The van der Waals surface area contributed by atoms with Crippen LogP contribution in [0, 0.1) is 17.8 Å². The molecule has 28 heavy (non-hydrogen) atoms. The van der Waals surface area contributed by atoms with E-state index in [-0.39, 0.29) is 0 Å². The van der Waals surface area contributed by atoms with Gasteiger partial charge in [-0.3, -0.25) is 0 Å². The first-order chi connectivity index (χ1) is 13.8. The van der Waals surface area contributed by atoms with E-state index in [4.69, 9.17) is 0 Å². The third-order valence-electron chi connectivity index (χ3n) is 7.74. The van der Waals surface area contributed by atoms with Crippen LogP contribution >= 0.6 is 0 Å². The van der Waals surface area contributed by atoms with Gasteiger partial charge in [0.05, 0.1) is 0 Å². The Morgan fingerprint density at radius 1 is 0.750 bits per heavy atom. The van der Waals surface area contributed by atoms with Crippen molar-refractivity contribution in [1.82, 2.24) is 0 Å². The number of allylic oxidation sites excluding steroid dienone is 2. The lowest BCUT2D eigenvalue weighted by Crippen LogP contribution is -2.23. The summed E-state index contributed by atoms with van der Waals surface area (Å²) >= 11 is 0. The summed E-state index contributed by atoms with van der Waals surface area (Å²) in [7, 11) is 0. The van der Waals surface area contributed by atoms with Crippen LogP contribution in [0.1, 0.15) is 108 Å². The minimum atomic E-state index is 0.994. The van der Waals surface area contributed by atoms with E-state index >= 15 is 0 Å². The third-order valence-corrected chi connectivity index (χ3v) is 7.74. The molecule has 1 fully saturated rings. The maximum atomic E-state index is 2.63. The van der Waals surface area contributed by atoms with Gasteiger partial charge >= 0.3 is 0 Å². The van der Waals surface area contributed by atoms with Crippen molar-refractivity contribution in [2.24, 2.45) is 17.8 Å². The SMILES string of the molecule is CCCCCCC1CCC(C2CC=C(CCc3ccc(CC)cc3)CC2)CC1. The van der Waals surface area contributed by atoms with E-state index in [1.165, 1.54) is 101 Å². The minimum Gasteiger partial charge on any atom is -0.0850 e. The molecule has 3 rings (SSSR count). The molecule has 0 N–H and O–H groups in total. The first kappa shape index (κ1) is 21.7. The smallest absolute Gasteiger partial charge is 0.0241 e. The van der Waals surface area contributed by atoms with E-state index in [1.807, 2.05) is 0 Å². The standard InChI is InChI=1S/C28H44/c1-3-5-6-7-8-24-15-19-27(20-16-24)28-21-17-26(18-22-28)14-13-25-11-9-23(4-2)10-12-25/h9-12,17,24,27-28H,3-8,13-16,18-22H2,1-2H3. The van der Waals surface area contributed by atoms with Gasteiger partial charge in [-0.05, 0) is 80.2 Å². The summed E-state index contributed by atoms with van der Waals surface area (Å²) in [6.07, 6.45) is 23.9. The molecule has 156 valence electrons. The molecule has 0 radical (unpaired) electrons. The Morgan fingerprint density at radius 3 is 2.14 bits per heavy atom. The summed E-state index contributed by atoms with van der Waals surface area (Å²) in [4.78, 5) is 0. The Hall–Kier alpha value is -1.04. The van der Waals surface area contributed by atoms with E-state index < -0.39 is 0 Å². The number of hydrogen-bond donors (Lipinski definition) is 0. The molecular formula is C28H44. The molecule has 2 aliphatic rings. The topological polar surface area (TPSA) is 0 Å². The highest BCUT2D eigenvalue weighted by Crippen LogP contribution is 2.41. The average Bonchev–Trinajstić information content (AvgIpc) is 2.76. The van der Waals surface area contributed by atoms with Crippen molar-refractivity contribution in [3.8, 4) is 0 Å². The number of aryl methyl sites for hydroxylation is 2. The van der Waals surface area contributed by atoms with E-state index in [1.54, 1.807) is 5.57 Å². The van der Waals surface area contributed by atoms with Crippen LogP contribution in [0.4, 0.5) is 0 Å². The Balaban J connectivity index is 1.34. The van der Waals surface area contributed by atoms with Crippen molar-refractivity contribution in [3.63, 3.8) is 0 Å². The third kappa shape index (κ3) is 6.78. The Kier molecular flexibility index (Phi) is 9.16. The number of benzene rings is 1. The molecule has 1 atom stereocenters. The summed E-state index contributed by atoms with van der Waals surface area (Å²) in [6.45, 7) is 4.55. The molecule has 1 aromatic rings. The van der Waals surface area contributed by atoms with Gasteiger partial charge in [-0.25, -0.2) is 0 Å². The molecule has 0 heterocycles. The Bertz CT molecular complexity index is 571. The van der Waals surface area contributed by atoms with E-state index in [0.29, 0.717) is 0 Å². The molecule has 0 aromatic heterocycles. The van der Waals surface area contributed by atoms with Gasteiger partial charge < -0.3 is 0 Å². The largest absolute Gasteiger partial charge is 0.0850 e. The van der Waals surface area contributed by atoms with Gasteiger partial charge in [0.1, 0.15) is 0 Å². The Labute approximate surface area is 175 Å². The van der Waals surface area contributed by atoms with Crippen LogP contribution in [0.5, 0.6) is 0 Å². The van der Waals surface area contributed by atoms with Crippen LogP contribution < -0.4 is 0 Å². The molecule has 0 spiro atoms. The van der Waals surface area contributed by atoms with Crippen molar-refractivity contribution < 1.29 is 0 Å².